The van der Waals surface area contributed by atoms with Crippen LogP contribution in [-0.2, 0) is 7.05 Å². The Morgan fingerprint density at radius 2 is 1.79 bits per heavy atom. The zero-order valence-electron chi connectivity index (χ0n) is 15.0. The van der Waals surface area contributed by atoms with Crippen LogP contribution in [0.1, 0.15) is 10.5 Å². The van der Waals surface area contributed by atoms with E-state index < -0.39 is 17.5 Å². The van der Waals surface area contributed by atoms with Gasteiger partial charge in [0.1, 0.15) is 22.3 Å². The van der Waals surface area contributed by atoms with Gasteiger partial charge < -0.3 is 5.32 Å². The lowest BCUT2D eigenvalue weighted by Gasteiger charge is -2.08. The molecule has 0 atom stereocenters. The van der Waals surface area contributed by atoms with Gasteiger partial charge in [0.2, 0.25) is 0 Å². The van der Waals surface area contributed by atoms with Gasteiger partial charge in [0.15, 0.2) is 0 Å². The van der Waals surface area contributed by atoms with E-state index >= 15 is 4.39 Å². The van der Waals surface area contributed by atoms with Gasteiger partial charge in [-0.3, -0.25) is 9.48 Å². The van der Waals surface area contributed by atoms with Gasteiger partial charge in [-0.15, -0.1) is 11.3 Å². The summed E-state index contributed by atoms with van der Waals surface area (Å²) in [6.45, 7) is 0. The van der Waals surface area contributed by atoms with Crippen LogP contribution < -0.4 is 5.32 Å². The van der Waals surface area contributed by atoms with Crippen molar-refractivity contribution < 1.29 is 13.6 Å². The number of anilines is 1. The first-order chi connectivity index (χ1) is 13.9. The molecule has 0 aliphatic heterocycles. The number of carbonyl (C=O) groups excluding carboxylic acids is 1. The summed E-state index contributed by atoms with van der Waals surface area (Å²) >= 11 is 6.94. The van der Waals surface area contributed by atoms with E-state index in [9.17, 15) is 9.18 Å². The van der Waals surface area contributed by atoms with Crippen LogP contribution >= 0.6 is 22.9 Å². The molecule has 1 N–H and O–H groups in total. The van der Waals surface area contributed by atoms with Crippen molar-refractivity contribution in [1.82, 2.24) is 14.8 Å². The van der Waals surface area contributed by atoms with Crippen LogP contribution in [-0.4, -0.2) is 20.7 Å². The second-order valence-corrected chi connectivity index (χ2v) is 7.43. The molecular weight excluding hydrogens is 418 g/mol. The molecule has 2 aromatic carbocycles. The number of hydrogen-bond acceptors (Lipinski definition) is 4. The summed E-state index contributed by atoms with van der Waals surface area (Å²) in [5.41, 5.74) is 0.971. The Kier molecular flexibility index (Phi) is 5.12. The summed E-state index contributed by atoms with van der Waals surface area (Å²) in [6, 6.07) is 9.01. The van der Waals surface area contributed by atoms with Gasteiger partial charge in [0.25, 0.3) is 5.91 Å². The smallest absolute Gasteiger partial charge is 0.275 e. The van der Waals surface area contributed by atoms with E-state index in [1.807, 2.05) is 0 Å². The van der Waals surface area contributed by atoms with Gasteiger partial charge in [-0.05, 0) is 12.1 Å². The second kappa shape index (κ2) is 7.73. The Morgan fingerprint density at radius 1 is 1.10 bits per heavy atom. The lowest BCUT2D eigenvalue weighted by atomic mass is 10.0. The third-order valence-corrected chi connectivity index (χ3v) is 5.34. The number of nitrogens with zero attached hydrogens (tertiary/aromatic N) is 3. The van der Waals surface area contributed by atoms with Crippen molar-refractivity contribution in [3.8, 4) is 21.7 Å². The van der Waals surface area contributed by atoms with Crippen LogP contribution in [0.15, 0.2) is 54.2 Å². The van der Waals surface area contributed by atoms with Crippen molar-refractivity contribution in [1.29, 1.82) is 0 Å². The molecule has 4 aromatic rings. The summed E-state index contributed by atoms with van der Waals surface area (Å²) in [5, 5.41) is 8.40. The first-order valence-corrected chi connectivity index (χ1v) is 9.68. The highest BCUT2D eigenvalue weighted by atomic mass is 35.5. The normalized spacial score (nSPS) is 10.9. The molecule has 0 bridgehead atoms. The minimum atomic E-state index is -0.694. The number of aryl methyl sites for hydroxylation is 1. The molecule has 0 aliphatic carbocycles. The topological polar surface area (TPSA) is 59.8 Å². The van der Waals surface area contributed by atoms with Crippen molar-refractivity contribution in [3.05, 3.63) is 76.5 Å². The standard InChI is InChI=1S/C20H13ClF2N4OS/c1-27-9-11(8-24-27)25-19(28)16-10-29-20(26-16)14-6-2-4-12(17(14)22)13-5-3-7-15(21)18(13)23/h2-10H,1H3,(H,25,28). The van der Waals surface area contributed by atoms with Crippen molar-refractivity contribution in [2.45, 2.75) is 0 Å². The molecule has 1 amide bonds. The Bertz CT molecular complexity index is 1220. The fourth-order valence-corrected chi connectivity index (χ4v) is 3.79. The number of aromatic nitrogens is 3. The highest BCUT2D eigenvalue weighted by Crippen LogP contribution is 2.35. The number of amides is 1. The molecule has 0 unspecified atom stereocenters. The Balaban J connectivity index is 1.66. The van der Waals surface area contributed by atoms with Gasteiger partial charge in [0.05, 0.1) is 16.9 Å². The molecule has 0 aliphatic rings. The van der Waals surface area contributed by atoms with Crippen molar-refractivity contribution >= 4 is 34.5 Å². The fourth-order valence-electron chi connectivity index (χ4n) is 2.80. The van der Waals surface area contributed by atoms with E-state index in [0.29, 0.717) is 10.7 Å². The second-order valence-electron chi connectivity index (χ2n) is 6.16. The van der Waals surface area contributed by atoms with E-state index in [-0.39, 0.29) is 27.4 Å². The Morgan fingerprint density at radius 3 is 2.52 bits per heavy atom. The quantitative estimate of drug-likeness (QED) is 0.472. The average Bonchev–Trinajstić information content (AvgIpc) is 3.34. The van der Waals surface area contributed by atoms with Crippen LogP contribution in [0.4, 0.5) is 14.5 Å². The van der Waals surface area contributed by atoms with E-state index in [0.717, 1.165) is 11.3 Å². The average molecular weight is 431 g/mol. The highest BCUT2D eigenvalue weighted by Gasteiger charge is 2.19. The minimum absolute atomic E-state index is 0.0583. The number of halogens is 3. The van der Waals surface area contributed by atoms with Crippen LogP contribution in [0.5, 0.6) is 0 Å². The maximum absolute atomic E-state index is 15.2. The SMILES string of the molecule is Cn1cc(NC(=O)c2csc(-c3cccc(-c4cccc(Cl)c4F)c3F)n2)cn1. The third kappa shape index (κ3) is 3.76. The van der Waals surface area contributed by atoms with Crippen molar-refractivity contribution in [2.75, 3.05) is 5.32 Å². The first kappa shape index (κ1) is 19.2. The molecule has 9 heteroatoms. The number of rotatable bonds is 4. The molecule has 29 heavy (non-hydrogen) atoms. The molecule has 5 nitrogen and oxygen atoms in total. The number of thiazole rings is 1. The Labute approximate surface area is 173 Å². The van der Waals surface area contributed by atoms with Crippen LogP contribution in [0, 0.1) is 11.6 Å². The number of hydrogen-bond donors (Lipinski definition) is 1. The molecule has 2 aromatic heterocycles. The molecule has 0 fully saturated rings. The van der Waals surface area contributed by atoms with Crippen LogP contribution in [0.3, 0.4) is 0 Å². The molecule has 4 rings (SSSR count). The van der Waals surface area contributed by atoms with Crippen molar-refractivity contribution in [3.63, 3.8) is 0 Å². The van der Waals surface area contributed by atoms with Crippen molar-refractivity contribution in [2.24, 2.45) is 7.05 Å². The summed E-state index contributed by atoms with van der Waals surface area (Å²) in [7, 11) is 1.73. The molecule has 146 valence electrons. The molecule has 0 spiro atoms. The predicted octanol–water partition coefficient (Wildman–Crippen LogP) is 5.39. The zero-order chi connectivity index (χ0) is 20.5. The summed E-state index contributed by atoms with van der Waals surface area (Å²) in [6.07, 6.45) is 3.15. The number of benzene rings is 2. The van der Waals surface area contributed by atoms with E-state index in [2.05, 4.69) is 15.4 Å². The van der Waals surface area contributed by atoms with E-state index in [1.54, 1.807) is 30.1 Å². The third-order valence-electron chi connectivity index (χ3n) is 4.17. The lowest BCUT2D eigenvalue weighted by molar-refractivity contribution is 0.102. The van der Waals surface area contributed by atoms with Gasteiger partial charge in [-0.1, -0.05) is 35.9 Å². The Hall–Kier alpha value is -3.10. The molecule has 0 radical (unpaired) electrons. The fraction of sp³-hybridized carbons (Fsp3) is 0.0500. The van der Waals surface area contributed by atoms with Gasteiger partial charge in [-0.2, -0.15) is 5.10 Å². The van der Waals surface area contributed by atoms with Crippen LogP contribution in [0.25, 0.3) is 21.7 Å². The molecule has 2 heterocycles. The number of nitrogens with one attached hydrogen (secondary N) is 1. The first-order valence-electron chi connectivity index (χ1n) is 8.43. The summed E-state index contributed by atoms with van der Waals surface area (Å²) in [5.74, 6) is -1.76. The lowest BCUT2D eigenvalue weighted by Crippen LogP contribution is -2.11. The maximum Gasteiger partial charge on any atom is 0.275 e. The summed E-state index contributed by atoms with van der Waals surface area (Å²) in [4.78, 5) is 16.6. The minimum Gasteiger partial charge on any atom is -0.318 e. The molecule has 0 saturated heterocycles. The zero-order valence-corrected chi connectivity index (χ0v) is 16.6. The van der Waals surface area contributed by atoms with E-state index in [1.165, 1.54) is 35.8 Å². The molecular formula is C20H13ClF2N4OS. The van der Waals surface area contributed by atoms with E-state index in [4.69, 9.17) is 11.6 Å². The summed E-state index contributed by atoms with van der Waals surface area (Å²) < 4.78 is 31.1. The predicted molar refractivity (Wildman–Crippen MR) is 109 cm³/mol. The maximum atomic E-state index is 15.2. The number of carbonyl (C=O) groups is 1. The molecule has 0 saturated carbocycles. The van der Waals surface area contributed by atoms with Gasteiger partial charge in [-0.25, -0.2) is 13.8 Å². The van der Waals surface area contributed by atoms with Crippen LogP contribution in [0.2, 0.25) is 5.02 Å². The van der Waals surface area contributed by atoms with Gasteiger partial charge >= 0.3 is 0 Å². The highest BCUT2D eigenvalue weighted by molar-refractivity contribution is 7.13. The largest absolute Gasteiger partial charge is 0.318 e. The van der Waals surface area contributed by atoms with Gasteiger partial charge in [0, 0.05) is 35.3 Å². The monoisotopic (exact) mass is 430 g/mol.